The molecule has 0 unspecified atom stereocenters. The molecule has 0 radical (unpaired) electrons. The number of amides is 2. The Hall–Kier alpha value is -3.86. The molecule has 1 N–H and O–H groups in total. The number of anilines is 2. The smallest absolute Gasteiger partial charge is 0.293 e. The van der Waals surface area contributed by atoms with Crippen molar-refractivity contribution >= 4 is 34.0 Å². The number of nitrogens with zero attached hydrogens (tertiary/aromatic N) is 1. The monoisotopic (exact) mass is 396 g/mol. The number of furan rings is 1. The van der Waals surface area contributed by atoms with Gasteiger partial charge in [-0.2, -0.15) is 0 Å². The molecule has 1 aliphatic rings. The van der Waals surface area contributed by atoms with Crippen molar-refractivity contribution in [2.45, 2.75) is 12.8 Å². The van der Waals surface area contributed by atoms with Crippen molar-refractivity contribution in [2.24, 2.45) is 0 Å². The van der Waals surface area contributed by atoms with Crippen LogP contribution >= 0.6 is 0 Å². The maximum absolute atomic E-state index is 12.7. The second-order valence-electron chi connectivity index (χ2n) is 7.39. The average molecular weight is 396 g/mol. The molecule has 4 aromatic rings. The highest BCUT2D eigenvalue weighted by Crippen LogP contribution is 2.32. The van der Waals surface area contributed by atoms with Gasteiger partial charge in [-0.1, -0.05) is 48.5 Å². The van der Waals surface area contributed by atoms with Crippen molar-refractivity contribution in [3.63, 3.8) is 0 Å². The Kier molecular flexibility index (Phi) is 4.56. The third kappa shape index (κ3) is 3.35. The third-order valence-electron chi connectivity index (χ3n) is 5.47. The fraction of sp³-hybridized carbons (Fsp3) is 0.120. The summed E-state index contributed by atoms with van der Waals surface area (Å²) in [7, 11) is 0. The van der Waals surface area contributed by atoms with E-state index in [1.54, 1.807) is 17.0 Å². The number of carbonyl (C=O) groups is 2. The molecule has 3 aromatic carbocycles. The summed E-state index contributed by atoms with van der Waals surface area (Å²) in [5.74, 6) is 0.0550. The fourth-order valence-corrected chi connectivity index (χ4v) is 4.03. The Morgan fingerprint density at radius 3 is 2.70 bits per heavy atom. The highest BCUT2D eigenvalue weighted by atomic mass is 16.3. The van der Waals surface area contributed by atoms with Gasteiger partial charge < -0.3 is 14.6 Å². The molecule has 5 nitrogen and oxygen atoms in total. The van der Waals surface area contributed by atoms with E-state index in [2.05, 4.69) is 5.32 Å². The molecule has 148 valence electrons. The van der Waals surface area contributed by atoms with Crippen molar-refractivity contribution in [3.05, 3.63) is 95.9 Å². The first kappa shape index (κ1) is 18.2. The van der Waals surface area contributed by atoms with E-state index >= 15 is 0 Å². The maximum atomic E-state index is 12.7. The molecule has 0 atom stereocenters. The van der Waals surface area contributed by atoms with Crippen molar-refractivity contribution in [2.75, 3.05) is 16.8 Å². The maximum Gasteiger partial charge on any atom is 0.293 e. The SMILES string of the molecule is O=C(Cc1cccc2ccccc12)Nc1ccc2c(c1)N(C(=O)c1ccco1)CC2. The van der Waals surface area contributed by atoms with E-state index < -0.39 is 0 Å². The lowest BCUT2D eigenvalue weighted by atomic mass is 10.0. The van der Waals surface area contributed by atoms with E-state index in [0.29, 0.717) is 18.0 Å². The van der Waals surface area contributed by atoms with Crippen LogP contribution in [0.2, 0.25) is 0 Å². The van der Waals surface area contributed by atoms with E-state index in [0.717, 1.165) is 34.0 Å². The highest BCUT2D eigenvalue weighted by molar-refractivity contribution is 6.06. The standard InChI is InChI=1S/C25H20N2O3/c28-24(15-19-7-3-6-17-5-1-2-8-21(17)19)26-20-11-10-18-12-13-27(22(18)16-20)25(29)23-9-4-14-30-23/h1-11,14,16H,12-13,15H2,(H,26,28). The molecule has 30 heavy (non-hydrogen) atoms. The van der Waals surface area contributed by atoms with Crippen LogP contribution in [0.1, 0.15) is 21.7 Å². The zero-order valence-corrected chi connectivity index (χ0v) is 16.3. The predicted molar refractivity (Wildman–Crippen MR) is 117 cm³/mol. The molecular formula is C25H20N2O3. The van der Waals surface area contributed by atoms with Gasteiger partial charge in [0, 0.05) is 17.9 Å². The molecule has 2 heterocycles. The van der Waals surface area contributed by atoms with Gasteiger partial charge in [0.1, 0.15) is 0 Å². The minimum atomic E-state index is -0.169. The Balaban J connectivity index is 1.35. The second-order valence-corrected chi connectivity index (χ2v) is 7.39. The van der Waals surface area contributed by atoms with E-state index in [9.17, 15) is 9.59 Å². The molecule has 1 aliphatic heterocycles. The van der Waals surface area contributed by atoms with Gasteiger partial charge in [0.15, 0.2) is 5.76 Å². The second kappa shape index (κ2) is 7.52. The number of nitrogens with one attached hydrogen (secondary N) is 1. The summed E-state index contributed by atoms with van der Waals surface area (Å²) < 4.78 is 5.26. The predicted octanol–water partition coefficient (Wildman–Crippen LogP) is 4.82. The molecule has 0 fully saturated rings. The summed E-state index contributed by atoms with van der Waals surface area (Å²) >= 11 is 0. The molecule has 0 bridgehead atoms. The van der Waals surface area contributed by atoms with Gasteiger partial charge in [-0.3, -0.25) is 9.59 Å². The molecule has 5 rings (SSSR count). The number of hydrogen-bond acceptors (Lipinski definition) is 3. The van der Waals surface area contributed by atoms with Crippen LogP contribution in [0.4, 0.5) is 11.4 Å². The number of hydrogen-bond donors (Lipinski definition) is 1. The van der Waals surface area contributed by atoms with Crippen LogP contribution in [-0.2, 0) is 17.6 Å². The first-order chi connectivity index (χ1) is 14.7. The average Bonchev–Trinajstić information content (AvgIpc) is 3.44. The normalized spacial score (nSPS) is 12.7. The molecule has 5 heteroatoms. The number of rotatable bonds is 4. The Morgan fingerprint density at radius 1 is 0.967 bits per heavy atom. The lowest BCUT2D eigenvalue weighted by Gasteiger charge is -2.17. The number of fused-ring (bicyclic) bond motifs is 2. The largest absolute Gasteiger partial charge is 0.459 e. The minimum absolute atomic E-state index is 0.0896. The van der Waals surface area contributed by atoms with Gasteiger partial charge >= 0.3 is 0 Å². The van der Waals surface area contributed by atoms with Crippen LogP contribution in [-0.4, -0.2) is 18.4 Å². The first-order valence-electron chi connectivity index (χ1n) is 9.94. The van der Waals surface area contributed by atoms with Gasteiger partial charge in [0.2, 0.25) is 5.91 Å². The molecule has 2 amide bonds. The Bertz CT molecular complexity index is 1240. The zero-order chi connectivity index (χ0) is 20.5. The fourth-order valence-electron chi connectivity index (χ4n) is 4.03. The van der Waals surface area contributed by atoms with Crippen molar-refractivity contribution < 1.29 is 14.0 Å². The van der Waals surface area contributed by atoms with Gasteiger partial charge in [0.05, 0.1) is 12.7 Å². The van der Waals surface area contributed by atoms with Gasteiger partial charge in [-0.25, -0.2) is 0 Å². The van der Waals surface area contributed by atoms with Crippen LogP contribution in [0.5, 0.6) is 0 Å². The van der Waals surface area contributed by atoms with E-state index in [1.807, 2.05) is 60.7 Å². The van der Waals surface area contributed by atoms with Gasteiger partial charge in [-0.05, 0) is 52.6 Å². The first-order valence-corrected chi connectivity index (χ1v) is 9.94. The van der Waals surface area contributed by atoms with Crippen LogP contribution in [0, 0.1) is 0 Å². The summed E-state index contributed by atoms with van der Waals surface area (Å²) in [6, 6.07) is 23.1. The molecule has 0 aliphatic carbocycles. The summed E-state index contributed by atoms with van der Waals surface area (Å²) in [6.45, 7) is 0.599. The molecule has 0 spiro atoms. The van der Waals surface area contributed by atoms with Crippen LogP contribution in [0.15, 0.2) is 83.5 Å². The Labute approximate surface area is 173 Å². The van der Waals surface area contributed by atoms with Gasteiger partial charge in [0.25, 0.3) is 5.91 Å². The van der Waals surface area contributed by atoms with E-state index in [1.165, 1.54) is 6.26 Å². The van der Waals surface area contributed by atoms with Crippen molar-refractivity contribution in [1.82, 2.24) is 0 Å². The van der Waals surface area contributed by atoms with E-state index in [-0.39, 0.29) is 18.2 Å². The molecule has 0 saturated carbocycles. The van der Waals surface area contributed by atoms with E-state index in [4.69, 9.17) is 4.42 Å². The number of carbonyl (C=O) groups excluding carboxylic acids is 2. The molecule has 1 aromatic heterocycles. The summed E-state index contributed by atoms with van der Waals surface area (Å²) in [6.07, 6.45) is 2.56. The Morgan fingerprint density at radius 2 is 1.83 bits per heavy atom. The lowest BCUT2D eigenvalue weighted by molar-refractivity contribution is -0.115. The topological polar surface area (TPSA) is 62.6 Å². The van der Waals surface area contributed by atoms with Crippen LogP contribution < -0.4 is 10.2 Å². The van der Waals surface area contributed by atoms with Crippen molar-refractivity contribution in [3.8, 4) is 0 Å². The quantitative estimate of drug-likeness (QED) is 0.538. The summed E-state index contributed by atoms with van der Waals surface area (Å²) in [5, 5.41) is 5.18. The molecular weight excluding hydrogens is 376 g/mol. The van der Waals surface area contributed by atoms with Crippen LogP contribution in [0.3, 0.4) is 0 Å². The van der Waals surface area contributed by atoms with Gasteiger partial charge in [-0.15, -0.1) is 0 Å². The third-order valence-corrected chi connectivity index (χ3v) is 5.47. The summed E-state index contributed by atoms with van der Waals surface area (Å²) in [4.78, 5) is 27.1. The van der Waals surface area contributed by atoms with Crippen molar-refractivity contribution in [1.29, 1.82) is 0 Å². The highest BCUT2D eigenvalue weighted by Gasteiger charge is 2.27. The zero-order valence-electron chi connectivity index (χ0n) is 16.3. The minimum Gasteiger partial charge on any atom is -0.459 e. The summed E-state index contributed by atoms with van der Waals surface area (Å²) in [5.41, 5.74) is 3.57. The van der Waals surface area contributed by atoms with Crippen LogP contribution in [0.25, 0.3) is 10.8 Å². The molecule has 0 saturated heterocycles. The number of benzene rings is 3. The lowest BCUT2D eigenvalue weighted by Crippen LogP contribution is -2.28.